The number of rotatable bonds is 4. The maximum absolute atomic E-state index is 13.2. The van der Waals surface area contributed by atoms with Crippen molar-refractivity contribution in [3.8, 4) is 0 Å². The lowest BCUT2D eigenvalue weighted by Gasteiger charge is -2.50. The highest BCUT2D eigenvalue weighted by atomic mass is 19.4. The molecule has 0 fully saturated rings. The summed E-state index contributed by atoms with van der Waals surface area (Å²) in [7, 11) is 1.84. The van der Waals surface area contributed by atoms with Gasteiger partial charge < -0.3 is 4.90 Å². The highest BCUT2D eigenvalue weighted by Gasteiger charge is 2.49. The summed E-state index contributed by atoms with van der Waals surface area (Å²) in [5.74, 6) is 1.82. The van der Waals surface area contributed by atoms with Gasteiger partial charge in [0.1, 0.15) is 11.7 Å². The molecule has 0 spiro atoms. The van der Waals surface area contributed by atoms with Crippen molar-refractivity contribution in [3.63, 3.8) is 0 Å². The molecule has 2 aliphatic heterocycles. The molecule has 2 heterocycles. The Hall–Kier alpha value is -1.72. The Morgan fingerprint density at radius 3 is 2.48 bits per heavy atom. The number of hydrogen-bond donors (Lipinski definition) is 0. The topological polar surface area (TPSA) is 18.8 Å². The Labute approximate surface area is 147 Å². The van der Waals surface area contributed by atoms with Gasteiger partial charge in [-0.15, -0.1) is 0 Å². The van der Waals surface area contributed by atoms with E-state index in [1.54, 1.807) is 11.1 Å². The Balaban J connectivity index is 2.16. The van der Waals surface area contributed by atoms with Crippen molar-refractivity contribution in [3.05, 3.63) is 35.2 Å². The lowest BCUT2D eigenvalue weighted by molar-refractivity contribution is -0.0885. The Kier molecular flexibility index (Phi) is 4.50. The smallest absolute Gasteiger partial charge is 0.307 e. The van der Waals surface area contributed by atoms with Crippen LogP contribution in [-0.2, 0) is 0 Å². The van der Waals surface area contributed by atoms with E-state index < -0.39 is 11.7 Å². The van der Waals surface area contributed by atoms with Crippen LogP contribution in [0.2, 0.25) is 0 Å². The molecule has 0 aromatic heterocycles. The molecule has 25 heavy (non-hydrogen) atoms. The van der Waals surface area contributed by atoms with E-state index in [1.807, 2.05) is 7.05 Å². The summed E-state index contributed by atoms with van der Waals surface area (Å²) in [5.41, 5.74) is 0.0737. The number of hydrogen-bond acceptors (Lipinski definition) is 3. The van der Waals surface area contributed by atoms with Gasteiger partial charge in [0.15, 0.2) is 0 Å². The second-order valence-corrected chi connectivity index (χ2v) is 7.10. The fourth-order valence-electron chi connectivity index (χ4n) is 4.32. The van der Waals surface area contributed by atoms with Crippen molar-refractivity contribution in [2.75, 3.05) is 7.05 Å². The largest absolute Gasteiger partial charge is 0.416 e. The summed E-state index contributed by atoms with van der Waals surface area (Å²) in [4.78, 5) is 2.24. The van der Waals surface area contributed by atoms with Crippen LogP contribution in [0.3, 0.4) is 0 Å². The monoisotopic (exact) mass is 353 g/mol. The van der Waals surface area contributed by atoms with Crippen molar-refractivity contribution in [1.29, 1.82) is 0 Å². The molecule has 0 bridgehead atoms. The molecule has 1 unspecified atom stereocenters. The minimum Gasteiger partial charge on any atom is -0.307 e. The average Bonchev–Trinajstić information content (AvgIpc) is 2.90. The molecule has 0 N–H and O–H groups in total. The first kappa shape index (κ1) is 18.1. The highest BCUT2D eigenvalue weighted by molar-refractivity contribution is 5.87. The van der Waals surface area contributed by atoms with Crippen LogP contribution in [-0.4, -0.2) is 34.5 Å². The van der Waals surface area contributed by atoms with Crippen molar-refractivity contribution in [2.45, 2.75) is 64.6 Å². The third kappa shape index (κ3) is 2.79. The van der Waals surface area contributed by atoms with Crippen LogP contribution < -0.4 is 0 Å². The van der Waals surface area contributed by atoms with E-state index in [-0.39, 0.29) is 11.5 Å². The molecule has 0 aromatic rings. The van der Waals surface area contributed by atoms with E-state index in [9.17, 15) is 13.2 Å². The first-order chi connectivity index (χ1) is 11.8. The van der Waals surface area contributed by atoms with E-state index in [4.69, 9.17) is 0 Å². The lowest BCUT2D eigenvalue weighted by Crippen LogP contribution is -2.54. The summed E-state index contributed by atoms with van der Waals surface area (Å²) < 4.78 is 39.7. The van der Waals surface area contributed by atoms with E-state index in [2.05, 4.69) is 30.8 Å². The summed E-state index contributed by atoms with van der Waals surface area (Å²) in [6, 6.07) is 0. The molecule has 0 saturated heterocycles. The number of halogens is 3. The van der Waals surface area contributed by atoms with E-state index in [0.717, 1.165) is 49.3 Å². The molecular weight excluding hydrogens is 327 g/mol. The minimum atomic E-state index is -4.33. The molecule has 6 heteroatoms. The quantitative estimate of drug-likeness (QED) is 0.692. The molecule has 138 valence electrons. The molecule has 3 aliphatic rings. The highest BCUT2D eigenvalue weighted by Crippen LogP contribution is 2.49. The second-order valence-electron chi connectivity index (χ2n) is 7.10. The van der Waals surface area contributed by atoms with Gasteiger partial charge >= 0.3 is 6.18 Å². The molecular formula is C19H26F3N3. The van der Waals surface area contributed by atoms with Gasteiger partial charge in [0.05, 0.1) is 5.57 Å². The van der Waals surface area contributed by atoms with Gasteiger partial charge in [-0.05, 0) is 31.8 Å². The number of nitrogens with zero attached hydrogens (tertiary/aromatic N) is 3. The summed E-state index contributed by atoms with van der Waals surface area (Å²) in [6.45, 7) is 6.43. The zero-order chi connectivity index (χ0) is 18.4. The lowest BCUT2D eigenvalue weighted by atomic mass is 9.73. The van der Waals surface area contributed by atoms with E-state index in [0.29, 0.717) is 0 Å². The molecule has 0 saturated carbocycles. The first-order valence-corrected chi connectivity index (χ1v) is 9.10. The molecule has 0 radical (unpaired) electrons. The zero-order valence-corrected chi connectivity index (χ0v) is 15.3. The van der Waals surface area contributed by atoms with Crippen LogP contribution in [0.5, 0.6) is 0 Å². The fraction of sp³-hybridized carbons (Fsp3) is 0.632. The van der Waals surface area contributed by atoms with Gasteiger partial charge in [0.25, 0.3) is 0 Å². The maximum atomic E-state index is 13.2. The van der Waals surface area contributed by atoms with Gasteiger partial charge in [-0.25, -0.2) is 0 Å². The van der Waals surface area contributed by atoms with Crippen LogP contribution in [0.1, 0.15) is 52.9 Å². The van der Waals surface area contributed by atoms with E-state index >= 15 is 0 Å². The number of allylic oxidation sites excluding steroid dienone is 5. The predicted molar refractivity (Wildman–Crippen MR) is 93.7 cm³/mol. The number of amidine groups is 1. The predicted octanol–water partition coefficient (Wildman–Crippen LogP) is 5.20. The number of fused-ring (bicyclic) bond motifs is 2. The standard InChI is InChI=1S/C19H26F3N3/c1-5-8-16-23-24(4)17-15-11-14(19(20,21)22)10-9-13(15)12-18(6-2,7-3)25(16)17/h9-11,13H,5-8,12H2,1-4H3. The molecule has 1 atom stereocenters. The van der Waals surface area contributed by atoms with Crippen LogP contribution in [0.4, 0.5) is 13.2 Å². The third-order valence-corrected chi connectivity index (χ3v) is 5.71. The van der Waals surface area contributed by atoms with Crippen LogP contribution in [0.25, 0.3) is 0 Å². The van der Waals surface area contributed by atoms with Crippen LogP contribution in [0.15, 0.2) is 40.3 Å². The molecule has 0 amide bonds. The molecule has 3 nitrogen and oxygen atoms in total. The van der Waals surface area contributed by atoms with Crippen molar-refractivity contribution >= 4 is 5.84 Å². The van der Waals surface area contributed by atoms with Crippen molar-refractivity contribution in [2.24, 2.45) is 11.0 Å². The third-order valence-electron chi connectivity index (χ3n) is 5.71. The molecule has 0 aromatic carbocycles. The van der Waals surface area contributed by atoms with Crippen molar-refractivity contribution < 1.29 is 13.2 Å². The summed E-state index contributed by atoms with van der Waals surface area (Å²) in [5, 5.41) is 6.45. The fourth-order valence-corrected chi connectivity index (χ4v) is 4.32. The molecule has 3 rings (SSSR count). The van der Waals surface area contributed by atoms with Gasteiger partial charge in [-0.2, -0.15) is 18.3 Å². The van der Waals surface area contributed by atoms with E-state index in [1.165, 1.54) is 12.2 Å². The average molecular weight is 353 g/mol. The maximum Gasteiger partial charge on any atom is 0.416 e. The van der Waals surface area contributed by atoms with Crippen molar-refractivity contribution in [1.82, 2.24) is 9.91 Å². The molecule has 1 aliphatic carbocycles. The Morgan fingerprint density at radius 1 is 1.24 bits per heavy atom. The van der Waals surface area contributed by atoms with Gasteiger partial charge in [-0.3, -0.25) is 5.01 Å². The van der Waals surface area contributed by atoms with Crippen LogP contribution in [0, 0.1) is 5.92 Å². The second kappa shape index (κ2) is 6.22. The zero-order valence-electron chi connectivity index (χ0n) is 15.3. The van der Waals surface area contributed by atoms with Gasteiger partial charge in [0, 0.05) is 30.5 Å². The minimum absolute atomic E-state index is 0.0101. The van der Waals surface area contributed by atoms with Gasteiger partial charge in [-0.1, -0.05) is 32.9 Å². The SMILES string of the molecule is CCCC1=NN(C)C2=C3C=C(C(F)(F)F)C=CC3CC(CC)(CC)N12. The Morgan fingerprint density at radius 2 is 1.92 bits per heavy atom. The summed E-state index contributed by atoms with van der Waals surface area (Å²) in [6.07, 6.45) is 4.47. The number of alkyl halides is 3. The normalized spacial score (nSPS) is 25.0. The first-order valence-electron chi connectivity index (χ1n) is 9.10. The summed E-state index contributed by atoms with van der Waals surface area (Å²) >= 11 is 0. The Bertz CT molecular complexity index is 666. The number of hydrazone groups is 1. The van der Waals surface area contributed by atoms with Gasteiger partial charge in [0.2, 0.25) is 0 Å². The van der Waals surface area contributed by atoms with Crippen LogP contribution >= 0.6 is 0 Å².